The third-order valence-electron chi connectivity index (χ3n) is 3.70. The average Bonchev–Trinajstić information content (AvgIpc) is 2.56. The first-order chi connectivity index (χ1) is 11.1. The first kappa shape index (κ1) is 20.5. The van der Waals surface area contributed by atoms with E-state index in [1.54, 1.807) is 12.1 Å². The Labute approximate surface area is 141 Å². The summed E-state index contributed by atoms with van der Waals surface area (Å²) in [6.07, 6.45) is -6.72. The molecule has 0 radical (unpaired) electrons. The van der Waals surface area contributed by atoms with Crippen LogP contribution >= 0.6 is 0 Å². The summed E-state index contributed by atoms with van der Waals surface area (Å²) in [5.74, 6) is -0.682. The third kappa shape index (κ3) is 5.54. The second-order valence-corrected chi connectivity index (χ2v) is 6.72. The van der Waals surface area contributed by atoms with Crippen LogP contribution in [0, 0.1) is 0 Å². The Morgan fingerprint density at radius 1 is 1.00 bits per heavy atom. The minimum absolute atomic E-state index is 0.0492. The predicted molar refractivity (Wildman–Crippen MR) is 86.5 cm³/mol. The molecule has 1 aromatic carbocycles. The van der Waals surface area contributed by atoms with Gasteiger partial charge in [-0.05, 0) is 23.1 Å². The Hall–Kier alpha value is -1.51. The third-order valence-corrected chi connectivity index (χ3v) is 3.70. The number of aliphatic hydroxyl groups is 5. The second-order valence-electron chi connectivity index (χ2n) is 6.72. The summed E-state index contributed by atoms with van der Waals surface area (Å²) < 4.78 is 4.90. The molecule has 7 nitrogen and oxygen atoms in total. The van der Waals surface area contributed by atoms with Crippen molar-refractivity contribution in [3.8, 4) is 0 Å². The largest absolute Gasteiger partial charge is 0.459 e. The number of esters is 1. The van der Waals surface area contributed by atoms with Crippen molar-refractivity contribution in [2.75, 3.05) is 13.2 Å². The van der Waals surface area contributed by atoms with E-state index in [1.165, 1.54) is 0 Å². The van der Waals surface area contributed by atoms with E-state index in [9.17, 15) is 25.2 Å². The molecule has 0 heterocycles. The molecular formula is C17H26O7. The molecule has 5 N–H and O–H groups in total. The molecule has 0 saturated heterocycles. The van der Waals surface area contributed by atoms with E-state index in [0.29, 0.717) is 5.56 Å². The van der Waals surface area contributed by atoms with Crippen LogP contribution in [-0.4, -0.2) is 69.1 Å². The van der Waals surface area contributed by atoms with Gasteiger partial charge in [-0.3, -0.25) is 0 Å². The van der Waals surface area contributed by atoms with Gasteiger partial charge < -0.3 is 30.3 Å². The molecule has 0 aliphatic rings. The molecule has 0 aliphatic heterocycles. The van der Waals surface area contributed by atoms with E-state index >= 15 is 0 Å². The summed E-state index contributed by atoms with van der Waals surface area (Å²) in [5, 5.41) is 46.7. The highest BCUT2D eigenvalue weighted by molar-refractivity contribution is 5.89. The van der Waals surface area contributed by atoms with Gasteiger partial charge in [-0.2, -0.15) is 0 Å². The topological polar surface area (TPSA) is 127 Å². The van der Waals surface area contributed by atoms with E-state index in [0.717, 1.165) is 5.56 Å². The number of benzene rings is 1. The van der Waals surface area contributed by atoms with Crippen LogP contribution in [0.4, 0.5) is 0 Å². The van der Waals surface area contributed by atoms with Gasteiger partial charge in [0.2, 0.25) is 0 Å². The molecule has 0 unspecified atom stereocenters. The molecule has 136 valence electrons. The van der Waals surface area contributed by atoms with Gasteiger partial charge in [0.1, 0.15) is 31.0 Å². The van der Waals surface area contributed by atoms with Crippen LogP contribution in [0.1, 0.15) is 36.7 Å². The smallest absolute Gasteiger partial charge is 0.338 e. The summed E-state index contributed by atoms with van der Waals surface area (Å²) in [6.45, 7) is 4.81. The van der Waals surface area contributed by atoms with E-state index in [-0.39, 0.29) is 5.41 Å². The van der Waals surface area contributed by atoms with Gasteiger partial charge in [-0.15, -0.1) is 0 Å². The van der Waals surface area contributed by atoms with Crippen molar-refractivity contribution in [3.05, 3.63) is 35.4 Å². The van der Waals surface area contributed by atoms with Gasteiger partial charge >= 0.3 is 5.97 Å². The van der Waals surface area contributed by atoms with Crippen LogP contribution in [0.15, 0.2) is 24.3 Å². The molecule has 0 aromatic heterocycles. The lowest BCUT2D eigenvalue weighted by Gasteiger charge is -2.25. The number of aliphatic hydroxyl groups excluding tert-OH is 5. The van der Waals surface area contributed by atoms with E-state index in [2.05, 4.69) is 0 Å². The molecule has 0 bridgehead atoms. The number of hydrogen-bond donors (Lipinski definition) is 5. The summed E-state index contributed by atoms with van der Waals surface area (Å²) in [4.78, 5) is 11.9. The van der Waals surface area contributed by atoms with Crippen molar-refractivity contribution in [2.24, 2.45) is 0 Å². The van der Waals surface area contributed by atoms with Crippen LogP contribution < -0.4 is 0 Å². The van der Waals surface area contributed by atoms with Crippen molar-refractivity contribution in [3.63, 3.8) is 0 Å². The lowest BCUT2D eigenvalue weighted by Crippen LogP contribution is -2.47. The Morgan fingerprint density at radius 3 is 1.96 bits per heavy atom. The zero-order valence-corrected chi connectivity index (χ0v) is 14.1. The molecule has 4 atom stereocenters. The van der Waals surface area contributed by atoms with Crippen LogP contribution in [0.5, 0.6) is 0 Å². The SMILES string of the molecule is CC(C)(C)c1ccc(C(=O)OC[C@H](O)[C@@H](O)[C@H](O)[C@H](O)CO)cc1. The molecule has 0 saturated carbocycles. The minimum atomic E-state index is -1.76. The Morgan fingerprint density at radius 2 is 1.50 bits per heavy atom. The molecule has 0 amide bonds. The van der Waals surface area contributed by atoms with Crippen LogP contribution in [0.25, 0.3) is 0 Å². The fraction of sp³-hybridized carbons (Fsp3) is 0.588. The number of hydrogen-bond acceptors (Lipinski definition) is 7. The Balaban J connectivity index is 2.59. The van der Waals surface area contributed by atoms with Crippen molar-refractivity contribution in [2.45, 2.75) is 50.6 Å². The maximum atomic E-state index is 11.9. The second kappa shape index (κ2) is 8.55. The summed E-state index contributed by atoms with van der Waals surface area (Å²) in [7, 11) is 0. The monoisotopic (exact) mass is 342 g/mol. The Kier molecular flexibility index (Phi) is 7.31. The molecule has 0 aliphatic carbocycles. The summed E-state index contributed by atoms with van der Waals surface area (Å²) in [6, 6.07) is 6.83. The fourth-order valence-corrected chi connectivity index (χ4v) is 2.01. The summed E-state index contributed by atoms with van der Waals surface area (Å²) >= 11 is 0. The molecule has 1 aromatic rings. The first-order valence-corrected chi connectivity index (χ1v) is 7.68. The molecular weight excluding hydrogens is 316 g/mol. The molecule has 7 heteroatoms. The van der Waals surface area contributed by atoms with E-state index in [1.807, 2.05) is 32.9 Å². The normalized spacial score (nSPS) is 17.0. The van der Waals surface area contributed by atoms with Crippen LogP contribution in [0.2, 0.25) is 0 Å². The highest BCUT2D eigenvalue weighted by Crippen LogP contribution is 2.22. The summed E-state index contributed by atoms with van der Waals surface area (Å²) in [5.41, 5.74) is 1.29. The van der Waals surface area contributed by atoms with Crippen LogP contribution in [0.3, 0.4) is 0 Å². The van der Waals surface area contributed by atoms with Gasteiger partial charge in [0.25, 0.3) is 0 Å². The number of rotatable bonds is 7. The minimum Gasteiger partial charge on any atom is -0.459 e. The van der Waals surface area contributed by atoms with Gasteiger partial charge in [-0.25, -0.2) is 4.79 Å². The molecule has 1 rings (SSSR count). The maximum absolute atomic E-state index is 11.9. The predicted octanol–water partition coefficient (Wildman–Crippen LogP) is -0.423. The standard InChI is InChI=1S/C17H26O7/c1-17(2,3)11-6-4-10(5-7-11)16(23)24-9-13(20)15(22)14(21)12(19)8-18/h4-7,12-15,18-22H,8-9H2,1-3H3/t12-,13+,14-,15-/m1/s1. The van der Waals surface area contributed by atoms with Crippen molar-refractivity contribution < 1.29 is 35.1 Å². The molecule has 24 heavy (non-hydrogen) atoms. The number of carbonyl (C=O) groups excluding carboxylic acids is 1. The van der Waals surface area contributed by atoms with Crippen molar-refractivity contribution in [1.29, 1.82) is 0 Å². The van der Waals surface area contributed by atoms with Crippen molar-refractivity contribution >= 4 is 5.97 Å². The lowest BCUT2D eigenvalue weighted by molar-refractivity contribution is -0.124. The highest BCUT2D eigenvalue weighted by atomic mass is 16.5. The van der Waals surface area contributed by atoms with Crippen LogP contribution in [-0.2, 0) is 10.2 Å². The van der Waals surface area contributed by atoms with Gasteiger partial charge in [0, 0.05) is 0 Å². The maximum Gasteiger partial charge on any atom is 0.338 e. The van der Waals surface area contributed by atoms with E-state index < -0.39 is 43.6 Å². The molecule has 0 spiro atoms. The van der Waals surface area contributed by atoms with Gasteiger partial charge in [0.05, 0.1) is 12.2 Å². The number of ether oxygens (including phenoxy) is 1. The zero-order chi connectivity index (χ0) is 18.5. The van der Waals surface area contributed by atoms with E-state index in [4.69, 9.17) is 9.84 Å². The Bertz CT molecular complexity index is 521. The number of carbonyl (C=O) groups is 1. The van der Waals surface area contributed by atoms with Gasteiger partial charge in [0.15, 0.2) is 0 Å². The average molecular weight is 342 g/mol. The zero-order valence-electron chi connectivity index (χ0n) is 14.1. The fourth-order valence-electron chi connectivity index (χ4n) is 2.01. The lowest BCUT2D eigenvalue weighted by atomic mass is 9.87. The van der Waals surface area contributed by atoms with Crippen molar-refractivity contribution in [1.82, 2.24) is 0 Å². The molecule has 0 fully saturated rings. The highest BCUT2D eigenvalue weighted by Gasteiger charge is 2.30. The quantitative estimate of drug-likeness (QED) is 0.426. The first-order valence-electron chi connectivity index (χ1n) is 7.68. The van der Waals surface area contributed by atoms with Gasteiger partial charge in [-0.1, -0.05) is 32.9 Å².